The van der Waals surface area contributed by atoms with Gasteiger partial charge in [0.15, 0.2) is 6.10 Å². The monoisotopic (exact) mass is 364 g/mol. The minimum Gasteiger partial charge on any atom is -0.486 e. The molecule has 0 bridgehead atoms. The van der Waals surface area contributed by atoms with Crippen LogP contribution in [0.15, 0.2) is 40.8 Å². The molecule has 0 fully saturated rings. The van der Waals surface area contributed by atoms with Crippen molar-refractivity contribution >= 4 is 17.9 Å². The third-order valence-corrected chi connectivity index (χ3v) is 3.17. The number of hydrogen-bond acceptors (Lipinski definition) is 6. The van der Waals surface area contributed by atoms with E-state index in [4.69, 9.17) is 13.9 Å². The molecule has 0 aliphatic heterocycles. The number of halogens is 1. The van der Waals surface area contributed by atoms with Crippen molar-refractivity contribution in [1.29, 1.82) is 0 Å². The van der Waals surface area contributed by atoms with Gasteiger partial charge in [0.2, 0.25) is 5.76 Å². The van der Waals surface area contributed by atoms with Gasteiger partial charge in [-0.05, 0) is 43.3 Å². The zero-order chi connectivity index (χ0) is 19.1. The van der Waals surface area contributed by atoms with E-state index in [1.807, 2.05) is 5.32 Å². The van der Waals surface area contributed by atoms with E-state index in [-0.39, 0.29) is 18.2 Å². The highest BCUT2D eigenvalue weighted by Crippen LogP contribution is 2.16. The van der Waals surface area contributed by atoms with Gasteiger partial charge in [0.25, 0.3) is 5.91 Å². The van der Waals surface area contributed by atoms with Crippen molar-refractivity contribution in [3.63, 3.8) is 0 Å². The summed E-state index contributed by atoms with van der Waals surface area (Å²) in [5.74, 6) is -1.37. The second-order valence-electron chi connectivity index (χ2n) is 5.12. The fraction of sp³-hybridized carbons (Fsp3) is 0.235. The van der Waals surface area contributed by atoms with Gasteiger partial charge in [-0.3, -0.25) is 10.1 Å². The third kappa shape index (κ3) is 5.33. The normalized spacial score (nSPS) is 11.3. The summed E-state index contributed by atoms with van der Waals surface area (Å²) < 4.78 is 28.4. The molecule has 1 atom stereocenters. The highest BCUT2D eigenvalue weighted by Gasteiger charge is 2.22. The van der Waals surface area contributed by atoms with E-state index in [9.17, 15) is 18.8 Å². The molecule has 3 amide bonds. The lowest BCUT2D eigenvalue weighted by molar-refractivity contribution is -0.128. The Morgan fingerprint density at radius 1 is 1.15 bits per heavy atom. The molecular formula is C17H17FN2O6. The molecule has 2 rings (SSSR count). The van der Waals surface area contributed by atoms with Crippen LogP contribution in [0.2, 0.25) is 0 Å². The summed E-state index contributed by atoms with van der Waals surface area (Å²) in [6.45, 7) is 1.34. The number of benzene rings is 1. The average Bonchev–Trinajstić information content (AvgIpc) is 3.10. The first-order chi connectivity index (χ1) is 12.4. The highest BCUT2D eigenvalue weighted by molar-refractivity contribution is 5.97. The van der Waals surface area contributed by atoms with Gasteiger partial charge in [-0.15, -0.1) is 0 Å². The molecule has 0 saturated heterocycles. The van der Waals surface area contributed by atoms with Gasteiger partial charge in [-0.2, -0.15) is 0 Å². The number of nitrogens with one attached hydrogen (secondary N) is 2. The summed E-state index contributed by atoms with van der Waals surface area (Å²) in [6.07, 6.45) is -1.19. The number of ether oxygens (including phenoxy) is 2. The summed E-state index contributed by atoms with van der Waals surface area (Å²) in [6, 6.07) is 7.60. The molecule has 0 aliphatic rings. The van der Waals surface area contributed by atoms with Crippen LogP contribution in [0.25, 0.3) is 0 Å². The van der Waals surface area contributed by atoms with Gasteiger partial charge < -0.3 is 19.2 Å². The fourth-order valence-electron chi connectivity index (χ4n) is 1.80. The largest absolute Gasteiger partial charge is 0.486 e. The van der Waals surface area contributed by atoms with Crippen LogP contribution < -0.4 is 15.4 Å². The van der Waals surface area contributed by atoms with Crippen molar-refractivity contribution in [1.82, 2.24) is 10.6 Å². The lowest BCUT2D eigenvalue weighted by Gasteiger charge is -2.11. The minimum absolute atomic E-state index is 0.0195. The van der Waals surface area contributed by atoms with Crippen LogP contribution >= 0.6 is 0 Å². The molecule has 9 heteroatoms. The van der Waals surface area contributed by atoms with Crippen LogP contribution in [-0.4, -0.2) is 31.1 Å². The summed E-state index contributed by atoms with van der Waals surface area (Å²) >= 11 is 0. The Morgan fingerprint density at radius 3 is 2.50 bits per heavy atom. The van der Waals surface area contributed by atoms with Gasteiger partial charge >= 0.3 is 12.0 Å². The maximum Gasteiger partial charge on any atom is 0.375 e. The zero-order valence-corrected chi connectivity index (χ0v) is 14.1. The third-order valence-electron chi connectivity index (χ3n) is 3.17. The van der Waals surface area contributed by atoms with Gasteiger partial charge in [-0.25, -0.2) is 14.0 Å². The van der Waals surface area contributed by atoms with Gasteiger partial charge in [-0.1, -0.05) is 0 Å². The van der Waals surface area contributed by atoms with Crippen molar-refractivity contribution < 1.29 is 32.7 Å². The number of imide groups is 1. The van der Waals surface area contributed by atoms with Crippen LogP contribution in [0, 0.1) is 5.82 Å². The second-order valence-corrected chi connectivity index (χ2v) is 5.12. The standard InChI is InChI=1S/C17H17FN2O6/c1-10(15(21)20-17(23)19-2)25-16(22)14-8-7-13(26-14)9-24-12-5-3-11(18)4-6-12/h3-8,10H,9H2,1-2H3,(H2,19,20,21,23). The molecule has 1 aromatic carbocycles. The van der Waals surface area contributed by atoms with E-state index in [0.717, 1.165) is 0 Å². The van der Waals surface area contributed by atoms with E-state index in [0.29, 0.717) is 11.5 Å². The predicted molar refractivity (Wildman–Crippen MR) is 86.9 cm³/mol. The fourth-order valence-corrected chi connectivity index (χ4v) is 1.80. The molecule has 2 N–H and O–H groups in total. The number of furan rings is 1. The van der Waals surface area contributed by atoms with E-state index in [1.54, 1.807) is 0 Å². The zero-order valence-electron chi connectivity index (χ0n) is 14.1. The van der Waals surface area contributed by atoms with E-state index in [1.165, 1.54) is 50.4 Å². The molecule has 0 saturated carbocycles. The van der Waals surface area contributed by atoms with Crippen LogP contribution in [-0.2, 0) is 16.1 Å². The molecule has 8 nitrogen and oxygen atoms in total. The Kier molecular flexibility index (Phi) is 6.31. The van der Waals surface area contributed by atoms with Gasteiger partial charge in [0.1, 0.15) is 23.9 Å². The van der Waals surface area contributed by atoms with Crippen LogP contribution in [0.1, 0.15) is 23.2 Å². The SMILES string of the molecule is CNC(=O)NC(=O)C(C)OC(=O)c1ccc(COc2ccc(F)cc2)o1. The Bertz CT molecular complexity index is 787. The first-order valence-corrected chi connectivity index (χ1v) is 7.59. The van der Waals surface area contributed by atoms with Crippen LogP contribution in [0.4, 0.5) is 9.18 Å². The summed E-state index contributed by atoms with van der Waals surface area (Å²) in [5.41, 5.74) is 0. The molecule has 0 radical (unpaired) electrons. The Labute approximate surface area is 148 Å². The number of carbonyl (C=O) groups excluding carboxylic acids is 3. The van der Waals surface area contributed by atoms with Crippen molar-refractivity contribution in [3.8, 4) is 5.75 Å². The number of esters is 1. The number of hydrogen-bond donors (Lipinski definition) is 2. The van der Waals surface area contributed by atoms with Crippen molar-refractivity contribution in [3.05, 3.63) is 53.7 Å². The number of amides is 3. The molecule has 1 aromatic heterocycles. The van der Waals surface area contributed by atoms with Crippen molar-refractivity contribution in [2.75, 3.05) is 7.05 Å². The average molecular weight is 364 g/mol. The van der Waals surface area contributed by atoms with Gasteiger partial charge in [0, 0.05) is 7.05 Å². The highest BCUT2D eigenvalue weighted by atomic mass is 19.1. The number of carbonyl (C=O) groups is 3. The maximum absolute atomic E-state index is 12.8. The Balaban J connectivity index is 1.87. The van der Waals surface area contributed by atoms with E-state index < -0.39 is 24.0 Å². The first-order valence-electron chi connectivity index (χ1n) is 7.59. The molecule has 26 heavy (non-hydrogen) atoms. The molecule has 0 spiro atoms. The summed E-state index contributed by atoms with van der Waals surface area (Å²) in [4.78, 5) is 34.7. The molecule has 1 unspecified atom stereocenters. The van der Waals surface area contributed by atoms with Crippen molar-refractivity contribution in [2.45, 2.75) is 19.6 Å². The van der Waals surface area contributed by atoms with Gasteiger partial charge in [0.05, 0.1) is 0 Å². The van der Waals surface area contributed by atoms with E-state index in [2.05, 4.69) is 5.32 Å². The van der Waals surface area contributed by atoms with Crippen molar-refractivity contribution in [2.24, 2.45) is 0 Å². The first kappa shape index (κ1) is 19.0. The number of rotatable bonds is 6. The maximum atomic E-state index is 12.8. The molecular weight excluding hydrogens is 347 g/mol. The van der Waals surface area contributed by atoms with E-state index >= 15 is 0 Å². The quantitative estimate of drug-likeness (QED) is 0.759. The van der Waals surface area contributed by atoms with Crippen LogP contribution in [0.5, 0.6) is 5.75 Å². The molecule has 1 heterocycles. The second kappa shape index (κ2) is 8.65. The molecule has 138 valence electrons. The Hall–Kier alpha value is -3.36. The molecule has 0 aliphatic carbocycles. The minimum atomic E-state index is -1.19. The topological polar surface area (TPSA) is 107 Å². The predicted octanol–water partition coefficient (Wildman–Crippen LogP) is 2.00. The number of urea groups is 1. The lowest BCUT2D eigenvalue weighted by atomic mass is 10.3. The summed E-state index contributed by atoms with van der Waals surface area (Å²) in [7, 11) is 1.34. The van der Waals surface area contributed by atoms with Crippen LogP contribution in [0.3, 0.4) is 0 Å². The molecule has 2 aromatic rings. The Morgan fingerprint density at radius 2 is 1.85 bits per heavy atom. The summed E-state index contributed by atoms with van der Waals surface area (Å²) in [5, 5.41) is 4.20. The smallest absolute Gasteiger partial charge is 0.375 e. The lowest BCUT2D eigenvalue weighted by Crippen LogP contribution is -2.43.